The van der Waals surface area contributed by atoms with Crippen LogP contribution in [0.5, 0.6) is 11.5 Å². The van der Waals surface area contributed by atoms with Crippen LogP contribution in [0, 0.1) is 0 Å². The molecule has 0 atom stereocenters. The first-order valence-electron chi connectivity index (χ1n) is 7.21. The number of benzene rings is 1. The Hall–Kier alpha value is -3.13. The number of rotatable bonds is 6. The number of aromatic nitrogens is 2. The van der Waals surface area contributed by atoms with Gasteiger partial charge in [0.05, 0.1) is 7.11 Å². The van der Waals surface area contributed by atoms with E-state index in [4.69, 9.17) is 9.26 Å². The van der Waals surface area contributed by atoms with Crippen molar-refractivity contribution in [3.05, 3.63) is 46.5 Å². The van der Waals surface area contributed by atoms with E-state index in [0.717, 1.165) is 5.56 Å². The zero-order valence-electron chi connectivity index (χ0n) is 13.1. The van der Waals surface area contributed by atoms with Gasteiger partial charge >= 0.3 is 0 Å². The molecule has 0 aliphatic rings. The number of hydrogen-bond acceptors (Lipinski definition) is 8. The van der Waals surface area contributed by atoms with E-state index in [1.807, 2.05) is 16.8 Å². The minimum Gasteiger partial charge on any atom is -0.550 e. The van der Waals surface area contributed by atoms with E-state index in [9.17, 15) is 15.0 Å². The van der Waals surface area contributed by atoms with Gasteiger partial charge in [-0.1, -0.05) is 11.2 Å². The molecule has 0 aliphatic carbocycles. The normalized spacial score (nSPS) is 11.5. The van der Waals surface area contributed by atoms with Crippen molar-refractivity contribution < 1.29 is 24.3 Å². The van der Waals surface area contributed by atoms with Gasteiger partial charge in [0.1, 0.15) is 0 Å². The Kier molecular flexibility index (Phi) is 4.80. The average Bonchev–Trinajstić information content (AvgIpc) is 3.25. The van der Waals surface area contributed by atoms with Gasteiger partial charge in [-0.15, -0.1) is 0 Å². The summed E-state index contributed by atoms with van der Waals surface area (Å²) in [5, 5.41) is 28.5. The summed E-state index contributed by atoms with van der Waals surface area (Å²) in [6.07, 6.45) is 1.14. The lowest BCUT2D eigenvalue weighted by Crippen LogP contribution is -2.22. The van der Waals surface area contributed by atoms with Crippen molar-refractivity contribution >= 4 is 29.0 Å². The molecule has 0 unspecified atom stereocenters. The predicted octanol–water partition coefficient (Wildman–Crippen LogP) is 2.19. The van der Waals surface area contributed by atoms with Crippen molar-refractivity contribution in [3.63, 3.8) is 0 Å². The number of methoxy groups -OCH3 is 1. The molecule has 0 spiro atoms. The van der Waals surface area contributed by atoms with Crippen molar-refractivity contribution in [2.24, 2.45) is 0 Å². The van der Waals surface area contributed by atoms with E-state index >= 15 is 0 Å². The monoisotopic (exact) mass is 357 g/mol. The second kappa shape index (κ2) is 7.18. The number of thiophene rings is 1. The van der Waals surface area contributed by atoms with Crippen LogP contribution in [0.15, 0.2) is 39.5 Å². The number of nitrogens with zero attached hydrogens (tertiary/aromatic N) is 2. The Bertz CT molecular complexity index is 915. The maximum Gasteiger partial charge on any atom is 0.254 e. The molecule has 0 aliphatic heterocycles. The fraction of sp³-hybridized carbons (Fsp3) is 0.118. The van der Waals surface area contributed by atoms with Gasteiger partial charge in [-0.3, -0.25) is 0 Å². The number of carboxylic acids is 1. The first-order valence-corrected chi connectivity index (χ1v) is 8.15. The molecular weight excluding hydrogens is 344 g/mol. The maximum atomic E-state index is 11.1. The highest BCUT2D eigenvalue weighted by Gasteiger charge is 2.14. The molecule has 2 heterocycles. The highest BCUT2D eigenvalue weighted by molar-refractivity contribution is 7.08. The molecule has 0 radical (unpaired) electrons. The molecule has 0 bridgehead atoms. The van der Waals surface area contributed by atoms with Gasteiger partial charge in [-0.2, -0.15) is 16.3 Å². The lowest BCUT2D eigenvalue weighted by Gasteiger charge is -2.06. The lowest BCUT2D eigenvalue weighted by atomic mass is 10.1. The Morgan fingerprint density at radius 3 is 2.92 bits per heavy atom. The smallest absolute Gasteiger partial charge is 0.254 e. The van der Waals surface area contributed by atoms with Crippen LogP contribution in [-0.4, -0.2) is 28.3 Å². The molecule has 1 N–H and O–H groups in total. The fourth-order valence-electron chi connectivity index (χ4n) is 2.20. The third-order valence-electron chi connectivity index (χ3n) is 3.36. The summed E-state index contributed by atoms with van der Waals surface area (Å²) in [7, 11) is 1.44. The molecule has 0 saturated carbocycles. The zero-order chi connectivity index (χ0) is 17.8. The largest absolute Gasteiger partial charge is 0.550 e. The second-order valence-electron chi connectivity index (χ2n) is 5.08. The van der Waals surface area contributed by atoms with Gasteiger partial charge in [0.15, 0.2) is 11.5 Å². The third kappa shape index (κ3) is 3.86. The number of aromatic hydroxyl groups is 1. The van der Waals surface area contributed by atoms with Crippen LogP contribution >= 0.6 is 11.3 Å². The van der Waals surface area contributed by atoms with Gasteiger partial charge < -0.3 is 24.3 Å². The van der Waals surface area contributed by atoms with E-state index in [1.165, 1.54) is 24.5 Å². The number of carbonyl (C=O) groups excluding carboxylic acids is 1. The number of carboxylic acid groups (broad SMARTS) is 1. The molecule has 8 heteroatoms. The molecule has 128 valence electrons. The highest BCUT2D eigenvalue weighted by atomic mass is 32.1. The quantitative estimate of drug-likeness (QED) is 0.720. The lowest BCUT2D eigenvalue weighted by molar-refractivity contribution is -0.304. The summed E-state index contributed by atoms with van der Waals surface area (Å²) >= 11 is 1.49. The van der Waals surface area contributed by atoms with E-state index < -0.39 is 12.4 Å². The summed E-state index contributed by atoms with van der Waals surface area (Å²) < 4.78 is 10.2. The number of hydrogen-bond donors (Lipinski definition) is 1. The van der Waals surface area contributed by atoms with Crippen molar-refractivity contribution in [3.8, 4) is 22.9 Å². The van der Waals surface area contributed by atoms with Crippen LogP contribution in [0.3, 0.4) is 0 Å². The summed E-state index contributed by atoms with van der Waals surface area (Å²) in [5.41, 5.74) is 1.62. The summed E-state index contributed by atoms with van der Waals surface area (Å²) in [4.78, 5) is 15.3. The van der Waals surface area contributed by atoms with Crippen molar-refractivity contribution in [2.45, 2.75) is 6.42 Å². The minimum atomic E-state index is -1.28. The molecule has 0 amide bonds. The zero-order valence-corrected chi connectivity index (χ0v) is 13.9. The van der Waals surface area contributed by atoms with Crippen LogP contribution in [0.4, 0.5) is 0 Å². The number of phenols is 1. The van der Waals surface area contributed by atoms with Gasteiger partial charge in [0.2, 0.25) is 5.82 Å². The minimum absolute atomic E-state index is 0.0615. The topological polar surface area (TPSA) is 109 Å². The maximum absolute atomic E-state index is 11.1. The summed E-state index contributed by atoms with van der Waals surface area (Å²) in [6.45, 7) is 0. The Morgan fingerprint density at radius 2 is 2.28 bits per heavy atom. The van der Waals surface area contributed by atoms with Crippen LogP contribution in [-0.2, 0) is 4.79 Å². The molecule has 0 fully saturated rings. The van der Waals surface area contributed by atoms with E-state index in [-0.39, 0.29) is 17.2 Å². The average molecular weight is 357 g/mol. The molecule has 25 heavy (non-hydrogen) atoms. The standard InChI is InChI=1S/C17H14N2O5S/c1-23-14-3-2-10(7-13(14)20)6-12(8-15(21)22)17-18-16(19-24-17)11-4-5-25-9-11/h2-7,9,20H,8H2,1H3,(H,21,22)/p-1/b12-6+. The number of phenolic OH excluding ortho intramolecular Hbond substituents is 1. The van der Waals surface area contributed by atoms with E-state index in [1.54, 1.807) is 18.2 Å². The molecule has 0 saturated heterocycles. The molecule has 1 aromatic carbocycles. The van der Waals surface area contributed by atoms with Gasteiger partial charge in [-0.25, -0.2) is 0 Å². The Labute approximate surface area is 146 Å². The number of aliphatic carboxylic acids is 1. The van der Waals surface area contributed by atoms with Crippen molar-refractivity contribution in [1.82, 2.24) is 10.1 Å². The molecule has 3 aromatic rings. The molecular formula is C17H13N2O5S-. The van der Waals surface area contributed by atoms with E-state index in [2.05, 4.69) is 10.1 Å². The molecule has 7 nitrogen and oxygen atoms in total. The predicted molar refractivity (Wildman–Crippen MR) is 89.8 cm³/mol. The number of carbonyl (C=O) groups is 1. The molecule has 3 rings (SSSR count). The first-order chi connectivity index (χ1) is 12.1. The second-order valence-corrected chi connectivity index (χ2v) is 5.86. The van der Waals surface area contributed by atoms with Gasteiger partial charge in [-0.05, 0) is 35.2 Å². The van der Waals surface area contributed by atoms with Crippen molar-refractivity contribution in [2.75, 3.05) is 7.11 Å². The summed E-state index contributed by atoms with van der Waals surface area (Å²) in [6, 6.07) is 6.53. The van der Waals surface area contributed by atoms with Gasteiger partial charge in [0.25, 0.3) is 5.89 Å². The fourth-order valence-corrected chi connectivity index (χ4v) is 2.84. The number of ether oxygens (including phenoxy) is 1. The van der Waals surface area contributed by atoms with Crippen LogP contribution in [0.2, 0.25) is 0 Å². The summed E-state index contributed by atoms with van der Waals surface area (Å²) in [5.74, 6) is -0.567. The van der Waals surface area contributed by atoms with Crippen LogP contribution < -0.4 is 9.84 Å². The van der Waals surface area contributed by atoms with Crippen LogP contribution in [0.1, 0.15) is 17.9 Å². The van der Waals surface area contributed by atoms with Crippen molar-refractivity contribution in [1.29, 1.82) is 0 Å². The Morgan fingerprint density at radius 1 is 1.44 bits per heavy atom. The SMILES string of the molecule is COc1ccc(/C=C(\CC(=O)[O-])c2nc(-c3ccsc3)no2)cc1O. The van der Waals surface area contributed by atoms with Crippen LogP contribution in [0.25, 0.3) is 23.0 Å². The van der Waals surface area contributed by atoms with Gasteiger partial charge in [0, 0.05) is 28.9 Å². The third-order valence-corrected chi connectivity index (χ3v) is 4.04. The first kappa shape index (κ1) is 16.7. The van der Waals surface area contributed by atoms with E-state index in [0.29, 0.717) is 17.1 Å². The molecule has 2 aromatic heterocycles. The Balaban J connectivity index is 1.97. The highest BCUT2D eigenvalue weighted by Crippen LogP contribution is 2.29.